The molecule has 4 rings (SSSR count). The van der Waals surface area contributed by atoms with Crippen molar-refractivity contribution in [2.75, 3.05) is 6.54 Å². The van der Waals surface area contributed by atoms with E-state index in [-0.39, 0.29) is 5.91 Å². The number of thiophene rings is 1. The molecule has 0 unspecified atom stereocenters. The van der Waals surface area contributed by atoms with Gasteiger partial charge >= 0.3 is 0 Å². The van der Waals surface area contributed by atoms with E-state index in [1.807, 2.05) is 48.0 Å². The summed E-state index contributed by atoms with van der Waals surface area (Å²) in [6.45, 7) is 1.05. The van der Waals surface area contributed by atoms with Crippen molar-refractivity contribution in [2.45, 2.75) is 6.54 Å². The molecule has 3 aromatic rings. The number of nitrogens with one attached hydrogen (secondary N) is 1. The van der Waals surface area contributed by atoms with Crippen LogP contribution in [0, 0.1) is 0 Å². The Bertz CT molecular complexity index is 877. The molecule has 114 valence electrons. The Morgan fingerprint density at radius 2 is 2.09 bits per heavy atom. The van der Waals surface area contributed by atoms with Crippen molar-refractivity contribution in [3.63, 3.8) is 0 Å². The van der Waals surface area contributed by atoms with Gasteiger partial charge in [0.2, 0.25) is 0 Å². The number of nitrogens with zero attached hydrogens (tertiary/aromatic N) is 2. The topological polar surface area (TPSA) is 46.4 Å². The summed E-state index contributed by atoms with van der Waals surface area (Å²) < 4.78 is 2.14. The van der Waals surface area contributed by atoms with Crippen LogP contribution in [0.4, 0.5) is 0 Å². The van der Waals surface area contributed by atoms with Gasteiger partial charge in [0.25, 0.3) is 5.91 Å². The molecule has 0 fully saturated rings. The third-order valence-corrected chi connectivity index (χ3v) is 4.77. The van der Waals surface area contributed by atoms with Gasteiger partial charge in [-0.3, -0.25) is 9.79 Å². The average molecular weight is 321 g/mol. The molecule has 4 nitrogen and oxygen atoms in total. The van der Waals surface area contributed by atoms with Gasteiger partial charge in [-0.05, 0) is 35.2 Å². The predicted octanol–water partition coefficient (Wildman–Crippen LogP) is 3.27. The predicted molar refractivity (Wildman–Crippen MR) is 92.7 cm³/mol. The molecule has 1 aliphatic rings. The van der Waals surface area contributed by atoms with Crippen molar-refractivity contribution >= 4 is 23.0 Å². The number of hydrogen-bond acceptors (Lipinski definition) is 3. The number of rotatable bonds is 3. The third-order valence-electron chi connectivity index (χ3n) is 3.90. The van der Waals surface area contributed by atoms with Crippen molar-refractivity contribution in [3.05, 3.63) is 76.2 Å². The second kappa shape index (κ2) is 5.85. The minimum Gasteiger partial charge on any atom is -0.346 e. The van der Waals surface area contributed by atoms with Crippen LogP contribution in [0.3, 0.4) is 0 Å². The molecular weight excluding hydrogens is 306 g/mol. The number of carbonyl (C=O) groups excluding carboxylic acids is 1. The lowest BCUT2D eigenvalue weighted by molar-refractivity contribution is 0.0963. The summed E-state index contributed by atoms with van der Waals surface area (Å²) in [5.41, 5.74) is 4.26. The summed E-state index contributed by atoms with van der Waals surface area (Å²) in [6, 6.07) is 16.0. The lowest BCUT2D eigenvalue weighted by atomic mass is 10.2. The monoisotopic (exact) mass is 321 g/mol. The van der Waals surface area contributed by atoms with Gasteiger partial charge in [-0.25, -0.2) is 0 Å². The Hall–Kier alpha value is -2.66. The summed E-state index contributed by atoms with van der Waals surface area (Å²) >= 11 is 1.44. The maximum atomic E-state index is 12.1. The molecule has 0 atom stereocenters. The van der Waals surface area contributed by atoms with E-state index in [1.54, 1.807) is 0 Å². The van der Waals surface area contributed by atoms with E-state index in [0.717, 1.165) is 22.0 Å². The van der Waals surface area contributed by atoms with Crippen LogP contribution in [0.2, 0.25) is 0 Å². The van der Waals surface area contributed by atoms with Crippen LogP contribution < -0.4 is 5.32 Å². The molecule has 0 saturated carbocycles. The second-order valence-electron chi connectivity index (χ2n) is 5.32. The van der Waals surface area contributed by atoms with Crippen LogP contribution in [-0.4, -0.2) is 22.7 Å². The molecule has 23 heavy (non-hydrogen) atoms. The van der Waals surface area contributed by atoms with E-state index < -0.39 is 0 Å². The highest BCUT2D eigenvalue weighted by Gasteiger charge is 2.17. The van der Waals surface area contributed by atoms with E-state index >= 15 is 0 Å². The molecule has 1 aliphatic heterocycles. The quantitative estimate of drug-likeness (QED) is 0.791. The van der Waals surface area contributed by atoms with Crippen LogP contribution in [0.1, 0.15) is 20.9 Å². The van der Waals surface area contributed by atoms with Crippen molar-refractivity contribution < 1.29 is 4.79 Å². The smallest absolute Gasteiger partial charge is 0.261 e. The third kappa shape index (κ3) is 2.59. The molecule has 1 amide bonds. The molecule has 5 heteroatoms. The molecule has 0 aliphatic carbocycles. The molecular formula is C18H15N3OS. The molecule has 1 N–H and O–H groups in total. The molecule has 3 heterocycles. The summed E-state index contributed by atoms with van der Waals surface area (Å²) in [5, 5.41) is 4.87. The van der Waals surface area contributed by atoms with Gasteiger partial charge < -0.3 is 9.88 Å². The van der Waals surface area contributed by atoms with E-state index in [4.69, 9.17) is 4.99 Å². The molecule has 1 aromatic carbocycles. The summed E-state index contributed by atoms with van der Waals surface area (Å²) in [7, 11) is 0. The van der Waals surface area contributed by atoms with Gasteiger partial charge in [-0.2, -0.15) is 0 Å². The lowest BCUT2D eigenvalue weighted by Gasteiger charge is -2.11. The van der Waals surface area contributed by atoms with Gasteiger partial charge in [0.15, 0.2) is 0 Å². The Morgan fingerprint density at radius 3 is 2.96 bits per heavy atom. The Balaban J connectivity index is 1.61. The number of benzene rings is 1. The molecule has 2 aromatic heterocycles. The zero-order chi connectivity index (χ0) is 15.6. The second-order valence-corrected chi connectivity index (χ2v) is 6.26. The van der Waals surface area contributed by atoms with Gasteiger partial charge in [-0.15, -0.1) is 11.3 Å². The normalized spacial score (nSPS) is 12.8. The van der Waals surface area contributed by atoms with Crippen LogP contribution in [0.5, 0.6) is 0 Å². The number of hydrogen-bond donors (Lipinski definition) is 1. The summed E-state index contributed by atoms with van der Waals surface area (Å²) in [6.07, 6.45) is 2.04. The van der Waals surface area contributed by atoms with E-state index in [2.05, 4.69) is 22.0 Å². The number of aliphatic imine (C=N–C) groups is 1. The average Bonchev–Trinajstić information content (AvgIpc) is 3.24. The highest BCUT2D eigenvalue weighted by molar-refractivity contribution is 7.12. The number of carbonyl (C=O) groups is 1. The van der Waals surface area contributed by atoms with E-state index in [9.17, 15) is 4.79 Å². The number of fused-ring (bicyclic) bond motifs is 3. The summed E-state index contributed by atoms with van der Waals surface area (Å²) in [5.74, 6) is -0.0532. The zero-order valence-corrected chi connectivity index (χ0v) is 13.2. The lowest BCUT2D eigenvalue weighted by Crippen LogP contribution is -2.30. The molecule has 0 radical (unpaired) electrons. The van der Waals surface area contributed by atoms with Crippen molar-refractivity contribution in [1.82, 2.24) is 9.88 Å². The van der Waals surface area contributed by atoms with Crippen molar-refractivity contribution in [3.8, 4) is 5.69 Å². The van der Waals surface area contributed by atoms with Crippen molar-refractivity contribution in [2.24, 2.45) is 4.99 Å². The van der Waals surface area contributed by atoms with Gasteiger partial charge in [0.05, 0.1) is 35.1 Å². The standard InChI is InChI=1S/C18H15N3OS/c22-18(17-8-4-10-23-17)20-12-14-16-7-3-9-21(16)15-6-2-1-5-13(15)11-19-14/h1-10H,11-12H2,(H,20,22). The first-order valence-corrected chi connectivity index (χ1v) is 8.32. The van der Waals surface area contributed by atoms with E-state index in [1.165, 1.54) is 16.9 Å². The van der Waals surface area contributed by atoms with Crippen LogP contribution >= 0.6 is 11.3 Å². The highest BCUT2D eigenvalue weighted by atomic mass is 32.1. The van der Waals surface area contributed by atoms with Gasteiger partial charge in [0.1, 0.15) is 0 Å². The minimum atomic E-state index is -0.0532. The Labute approximate surface area is 138 Å². The maximum absolute atomic E-state index is 12.1. The van der Waals surface area contributed by atoms with Gasteiger partial charge in [0, 0.05) is 6.20 Å². The molecule has 0 saturated heterocycles. The van der Waals surface area contributed by atoms with Crippen LogP contribution in [0.25, 0.3) is 5.69 Å². The molecule has 0 bridgehead atoms. The molecule has 0 spiro atoms. The highest BCUT2D eigenvalue weighted by Crippen LogP contribution is 2.22. The Morgan fingerprint density at radius 1 is 1.17 bits per heavy atom. The minimum absolute atomic E-state index is 0.0532. The fourth-order valence-corrected chi connectivity index (χ4v) is 3.41. The van der Waals surface area contributed by atoms with Crippen molar-refractivity contribution in [1.29, 1.82) is 0 Å². The number of aromatic nitrogens is 1. The van der Waals surface area contributed by atoms with Crippen LogP contribution in [0.15, 0.2) is 65.1 Å². The van der Waals surface area contributed by atoms with Gasteiger partial charge in [-0.1, -0.05) is 24.3 Å². The first kappa shape index (κ1) is 14.0. The summed E-state index contributed by atoms with van der Waals surface area (Å²) in [4.78, 5) is 17.6. The SMILES string of the molecule is O=C(NCC1=NCc2ccccc2-n2cccc21)c1cccs1. The zero-order valence-electron chi connectivity index (χ0n) is 12.4. The fraction of sp³-hybridized carbons (Fsp3) is 0.111. The Kier molecular flexibility index (Phi) is 3.55. The maximum Gasteiger partial charge on any atom is 0.261 e. The number of para-hydroxylation sites is 1. The van der Waals surface area contributed by atoms with E-state index in [0.29, 0.717) is 13.1 Å². The first-order valence-electron chi connectivity index (χ1n) is 7.44. The largest absolute Gasteiger partial charge is 0.346 e. The van der Waals surface area contributed by atoms with Crippen LogP contribution in [-0.2, 0) is 6.54 Å². The first-order chi connectivity index (χ1) is 11.3. The number of amides is 1. The fourth-order valence-electron chi connectivity index (χ4n) is 2.77.